The Kier molecular flexibility index (Phi) is 5.98. The van der Waals surface area contributed by atoms with Crippen LogP contribution in [0.3, 0.4) is 0 Å². The maximum absolute atomic E-state index is 13.0. The van der Waals surface area contributed by atoms with Crippen LogP contribution < -0.4 is 4.72 Å². The summed E-state index contributed by atoms with van der Waals surface area (Å²) >= 11 is 0. The number of nitrogens with one attached hydrogen (secondary N) is 1. The molecule has 0 saturated carbocycles. The van der Waals surface area contributed by atoms with Gasteiger partial charge in [-0.05, 0) is 35.9 Å². The number of hydrogen-bond donors (Lipinski definition) is 1. The Labute approximate surface area is 177 Å². The van der Waals surface area contributed by atoms with Crippen molar-refractivity contribution in [1.82, 2.24) is 4.90 Å². The average Bonchev–Trinajstić information content (AvgIpc) is 2.99. The lowest BCUT2D eigenvalue weighted by atomic mass is 10.1. The lowest BCUT2D eigenvalue weighted by Crippen LogP contribution is -2.28. The molecule has 172 valence electrons. The highest BCUT2D eigenvalue weighted by atomic mass is 32.2. The van der Waals surface area contributed by atoms with E-state index in [9.17, 15) is 44.3 Å². The Balaban J connectivity index is 1.86. The summed E-state index contributed by atoms with van der Waals surface area (Å²) in [6.07, 6.45) is -10.2. The Bertz CT molecular complexity index is 1110. The minimum Gasteiger partial charge on any atom is -0.280 e. The lowest BCUT2D eigenvalue weighted by molar-refractivity contribution is -0.143. The second kappa shape index (κ2) is 8.11. The molecule has 1 aliphatic rings. The van der Waals surface area contributed by atoms with Crippen LogP contribution in [0, 0.1) is 0 Å². The van der Waals surface area contributed by atoms with E-state index in [4.69, 9.17) is 0 Å². The van der Waals surface area contributed by atoms with Gasteiger partial charge in [0.05, 0.1) is 22.6 Å². The van der Waals surface area contributed by atoms with Gasteiger partial charge >= 0.3 is 12.4 Å². The van der Waals surface area contributed by atoms with Crippen LogP contribution in [0.4, 0.5) is 32.0 Å². The van der Waals surface area contributed by atoms with Crippen molar-refractivity contribution in [2.45, 2.75) is 36.6 Å². The predicted octanol–water partition coefficient (Wildman–Crippen LogP) is 4.17. The molecular formula is C19H14F6N2O4S. The zero-order valence-electron chi connectivity index (χ0n) is 15.9. The van der Waals surface area contributed by atoms with Crippen LogP contribution in [0.2, 0.25) is 0 Å². The fourth-order valence-electron chi connectivity index (χ4n) is 2.96. The van der Waals surface area contributed by atoms with Crippen molar-refractivity contribution in [3.63, 3.8) is 0 Å². The topological polar surface area (TPSA) is 83.6 Å². The summed E-state index contributed by atoms with van der Waals surface area (Å²) in [5.41, 5.74) is -3.19. The number of carbonyl (C=O) groups excluding carboxylic acids is 2. The minimum atomic E-state index is -5.20. The number of carbonyl (C=O) groups is 2. The first-order chi connectivity index (χ1) is 14.7. The number of imide groups is 1. The predicted molar refractivity (Wildman–Crippen MR) is 98.5 cm³/mol. The van der Waals surface area contributed by atoms with Gasteiger partial charge in [0.2, 0.25) is 11.8 Å². The third-order valence-electron chi connectivity index (χ3n) is 4.57. The first-order valence-corrected chi connectivity index (χ1v) is 10.4. The number of rotatable bonds is 5. The monoisotopic (exact) mass is 480 g/mol. The van der Waals surface area contributed by atoms with E-state index >= 15 is 0 Å². The largest absolute Gasteiger partial charge is 0.416 e. The molecule has 1 heterocycles. The molecule has 2 aromatic carbocycles. The molecular weight excluding hydrogens is 466 g/mol. The van der Waals surface area contributed by atoms with Crippen molar-refractivity contribution in [2.24, 2.45) is 0 Å². The van der Waals surface area contributed by atoms with Gasteiger partial charge in [-0.1, -0.05) is 12.1 Å². The van der Waals surface area contributed by atoms with Crippen LogP contribution in [-0.2, 0) is 38.5 Å². The van der Waals surface area contributed by atoms with E-state index in [-0.39, 0.29) is 55.1 Å². The molecule has 2 aromatic rings. The number of sulfonamides is 1. The first-order valence-electron chi connectivity index (χ1n) is 8.91. The van der Waals surface area contributed by atoms with Crippen molar-refractivity contribution in [2.75, 3.05) is 4.72 Å². The summed E-state index contributed by atoms with van der Waals surface area (Å²) in [7, 11) is -4.80. The molecule has 0 bridgehead atoms. The van der Waals surface area contributed by atoms with Gasteiger partial charge in [-0.25, -0.2) is 8.42 Å². The normalized spacial score (nSPS) is 15.4. The van der Waals surface area contributed by atoms with Crippen molar-refractivity contribution < 1.29 is 44.3 Å². The summed E-state index contributed by atoms with van der Waals surface area (Å²) in [6, 6.07) is 5.18. The van der Waals surface area contributed by atoms with Crippen LogP contribution in [0.1, 0.15) is 29.5 Å². The van der Waals surface area contributed by atoms with Crippen LogP contribution in [-0.4, -0.2) is 25.1 Å². The molecule has 1 fully saturated rings. The van der Waals surface area contributed by atoms with Crippen LogP contribution in [0.25, 0.3) is 0 Å². The SMILES string of the molecule is O=C1CCC(=O)N1Cc1ccc(NS(=O)(=O)c2cc(C(F)(F)F)cc(C(F)(F)F)c2)cc1. The molecule has 0 spiro atoms. The quantitative estimate of drug-likeness (QED) is 0.514. The summed E-state index contributed by atoms with van der Waals surface area (Å²) in [5.74, 6) is -0.713. The maximum atomic E-state index is 13.0. The Morgan fingerprint density at radius 2 is 1.28 bits per heavy atom. The van der Waals surface area contributed by atoms with Gasteiger partial charge in [0, 0.05) is 18.5 Å². The second-order valence-corrected chi connectivity index (χ2v) is 8.60. The molecule has 1 aliphatic heterocycles. The molecule has 3 rings (SSSR count). The number of amides is 2. The van der Waals surface area contributed by atoms with E-state index in [1.54, 1.807) is 0 Å². The number of alkyl halides is 6. The molecule has 2 amide bonds. The molecule has 13 heteroatoms. The maximum Gasteiger partial charge on any atom is 0.416 e. The number of halogens is 6. The van der Waals surface area contributed by atoms with Crippen molar-refractivity contribution in [3.05, 3.63) is 59.2 Å². The summed E-state index contributed by atoms with van der Waals surface area (Å²) in [4.78, 5) is 23.1. The molecule has 0 unspecified atom stereocenters. The minimum absolute atomic E-state index is 0.0483. The molecule has 1 N–H and O–H groups in total. The van der Waals surface area contributed by atoms with Gasteiger partial charge < -0.3 is 0 Å². The van der Waals surface area contributed by atoms with Gasteiger partial charge in [0.1, 0.15) is 0 Å². The molecule has 0 radical (unpaired) electrons. The van der Waals surface area contributed by atoms with Gasteiger partial charge in [0.15, 0.2) is 0 Å². The first kappa shape index (κ1) is 23.6. The second-order valence-electron chi connectivity index (χ2n) is 6.92. The summed E-state index contributed by atoms with van der Waals surface area (Å²) in [6.45, 7) is -0.0483. The highest BCUT2D eigenvalue weighted by molar-refractivity contribution is 7.92. The Morgan fingerprint density at radius 1 is 0.812 bits per heavy atom. The molecule has 32 heavy (non-hydrogen) atoms. The lowest BCUT2D eigenvalue weighted by Gasteiger charge is -2.16. The van der Waals surface area contributed by atoms with E-state index in [1.165, 1.54) is 24.3 Å². The Hall–Kier alpha value is -3.09. The molecule has 0 aliphatic carbocycles. The van der Waals surface area contributed by atoms with Gasteiger partial charge in [-0.15, -0.1) is 0 Å². The zero-order valence-corrected chi connectivity index (χ0v) is 16.7. The summed E-state index contributed by atoms with van der Waals surface area (Å²) < 4.78 is 105. The van der Waals surface area contributed by atoms with E-state index < -0.39 is 38.4 Å². The van der Waals surface area contributed by atoms with E-state index in [0.717, 1.165) is 4.90 Å². The van der Waals surface area contributed by atoms with Gasteiger partial charge in [-0.3, -0.25) is 19.2 Å². The van der Waals surface area contributed by atoms with Gasteiger partial charge in [-0.2, -0.15) is 26.3 Å². The fraction of sp³-hybridized carbons (Fsp3) is 0.263. The number of anilines is 1. The van der Waals surface area contributed by atoms with Crippen molar-refractivity contribution in [3.8, 4) is 0 Å². The standard InChI is InChI=1S/C19H14F6N2O4S/c20-18(21,22)12-7-13(19(23,24)25)9-15(8-12)32(30,31)26-14-3-1-11(2-4-14)10-27-16(28)5-6-17(27)29/h1-4,7-9,26H,5-6,10H2. The average molecular weight is 480 g/mol. The smallest absolute Gasteiger partial charge is 0.280 e. The number of nitrogens with zero attached hydrogens (tertiary/aromatic N) is 1. The van der Waals surface area contributed by atoms with E-state index in [0.29, 0.717) is 5.56 Å². The van der Waals surface area contributed by atoms with Crippen molar-refractivity contribution in [1.29, 1.82) is 0 Å². The number of likely N-dealkylation sites (tertiary alicyclic amines) is 1. The van der Waals surface area contributed by atoms with Crippen molar-refractivity contribution >= 4 is 27.5 Å². The van der Waals surface area contributed by atoms with E-state index in [2.05, 4.69) is 0 Å². The Morgan fingerprint density at radius 3 is 1.72 bits per heavy atom. The highest BCUT2D eigenvalue weighted by Gasteiger charge is 2.38. The molecule has 0 atom stereocenters. The van der Waals surface area contributed by atoms with Crippen LogP contribution >= 0.6 is 0 Å². The van der Waals surface area contributed by atoms with Gasteiger partial charge in [0.25, 0.3) is 10.0 Å². The molecule has 1 saturated heterocycles. The highest BCUT2D eigenvalue weighted by Crippen LogP contribution is 2.37. The van der Waals surface area contributed by atoms with Crippen LogP contribution in [0.5, 0.6) is 0 Å². The molecule has 0 aromatic heterocycles. The fourth-order valence-corrected chi connectivity index (χ4v) is 4.08. The zero-order chi connectivity index (χ0) is 23.9. The van der Waals surface area contributed by atoms with E-state index in [1.807, 2.05) is 4.72 Å². The van der Waals surface area contributed by atoms with Crippen LogP contribution in [0.15, 0.2) is 47.4 Å². The third-order valence-corrected chi connectivity index (χ3v) is 5.93. The number of hydrogen-bond acceptors (Lipinski definition) is 4. The summed E-state index contributed by atoms with van der Waals surface area (Å²) in [5, 5.41) is 0. The number of benzene rings is 2. The third kappa shape index (κ3) is 5.21. The molecule has 6 nitrogen and oxygen atoms in total.